The molecule has 0 aliphatic carbocycles. The maximum atomic E-state index is 12.5. The lowest BCUT2D eigenvalue weighted by molar-refractivity contribution is -0.885. The van der Waals surface area contributed by atoms with Crippen molar-refractivity contribution in [3.63, 3.8) is 0 Å². The van der Waals surface area contributed by atoms with E-state index in [2.05, 4.69) is 5.32 Å². The summed E-state index contributed by atoms with van der Waals surface area (Å²) in [6.45, 7) is 6.64. The van der Waals surface area contributed by atoms with Crippen LogP contribution in [0.1, 0.15) is 22.3 Å². The van der Waals surface area contributed by atoms with Crippen LogP contribution in [0, 0.1) is 20.8 Å². The van der Waals surface area contributed by atoms with Crippen LogP contribution in [0.5, 0.6) is 0 Å². The molecular formula is C22H24ClN2O3+. The second kappa shape index (κ2) is 8.17. The monoisotopic (exact) mass is 399 g/mol. The molecule has 6 heteroatoms. The van der Waals surface area contributed by atoms with Gasteiger partial charge in [-0.25, -0.2) is 4.79 Å². The summed E-state index contributed by atoms with van der Waals surface area (Å²) < 4.78 is 5.30. The molecule has 28 heavy (non-hydrogen) atoms. The van der Waals surface area contributed by atoms with Crippen molar-refractivity contribution in [2.75, 3.05) is 18.9 Å². The lowest BCUT2D eigenvalue weighted by Crippen LogP contribution is -3.08. The van der Waals surface area contributed by atoms with E-state index in [0.717, 1.165) is 38.2 Å². The molecule has 1 atom stereocenters. The number of hydrogen-bond donors (Lipinski definition) is 2. The van der Waals surface area contributed by atoms with Gasteiger partial charge in [0.1, 0.15) is 12.1 Å². The molecular weight excluding hydrogens is 376 g/mol. The minimum Gasteiger partial charge on any atom is -0.423 e. The van der Waals surface area contributed by atoms with E-state index in [4.69, 9.17) is 16.0 Å². The number of fused-ring (bicyclic) bond motifs is 1. The second-order valence-electron chi connectivity index (χ2n) is 7.29. The van der Waals surface area contributed by atoms with Gasteiger partial charge < -0.3 is 14.6 Å². The van der Waals surface area contributed by atoms with Crippen LogP contribution >= 0.6 is 11.6 Å². The van der Waals surface area contributed by atoms with Crippen molar-refractivity contribution in [2.45, 2.75) is 27.3 Å². The van der Waals surface area contributed by atoms with E-state index in [9.17, 15) is 9.59 Å². The highest BCUT2D eigenvalue weighted by Gasteiger charge is 2.16. The van der Waals surface area contributed by atoms with Crippen molar-refractivity contribution in [1.82, 2.24) is 0 Å². The maximum Gasteiger partial charge on any atom is 0.336 e. The first-order valence-electron chi connectivity index (χ1n) is 9.15. The summed E-state index contributed by atoms with van der Waals surface area (Å²) in [5.41, 5.74) is 4.78. The fourth-order valence-electron chi connectivity index (χ4n) is 3.24. The highest BCUT2D eigenvalue weighted by Crippen LogP contribution is 2.24. The van der Waals surface area contributed by atoms with Gasteiger partial charge in [-0.2, -0.15) is 0 Å². The summed E-state index contributed by atoms with van der Waals surface area (Å²) in [7, 11) is 1.92. The first-order valence-corrected chi connectivity index (χ1v) is 9.52. The molecule has 5 nitrogen and oxygen atoms in total. The zero-order valence-corrected chi connectivity index (χ0v) is 17.2. The Hall–Kier alpha value is -2.63. The van der Waals surface area contributed by atoms with E-state index in [1.807, 2.05) is 52.1 Å². The third-order valence-corrected chi connectivity index (χ3v) is 5.35. The summed E-state index contributed by atoms with van der Waals surface area (Å²) >= 11 is 6.25. The summed E-state index contributed by atoms with van der Waals surface area (Å²) in [6, 6.07) is 10.9. The molecule has 2 N–H and O–H groups in total. The highest BCUT2D eigenvalue weighted by molar-refractivity contribution is 6.32. The largest absolute Gasteiger partial charge is 0.423 e. The highest BCUT2D eigenvalue weighted by atomic mass is 35.5. The number of halogens is 1. The number of carbonyl (C=O) groups excluding carboxylic acids is 1. The number of nitrogens with one attached hydrogen (secondary N) is 2. The van der Waals surface area contributed by atoms with Crippen LogP contribution in [0.15, 0.2) is 45.6 Å². The van der Waals surface area contributed by atoms with E-state index in [-0.39, 0.29) is 12.5 Å². The molecule has 0 saturated heterocycles. The van der Waals surface area contributed by atoms with Crippen molar-refractivity contribution in [1.29, 1.82) is 0 Å². The maximum absolute atomic E-state index is 12.5. The van der Waals surface area contributed by atoms with Gasteiger partial charge >= 0.3 is 5.63 Å². The van der Waals surface area contributed by atoms with Crippen LogP contribution in [0.4, 0.5) is 5.69 Å². The minimum absolute atomic E-state index is 0.0765. The molecule has 1 aromatic heterocycles. The van der Waals surface area contributed by atoms with Gasteiger partial charge in [-0.05, 0) is 55.7 Å². The molecule has 0 fully saturated rings. The molecule has 0 spiro atoms. The first-order chi connectivity index (χ1) is 13.2. The molecule has 0 bridgehead atoms. The van der Waals surface area contributed by atoms with E-state index in [1.165, 1.54) is 6.07 Å². The van der Waals surface area contributed by atoms with Gasteiger partial charge in [-0.3, -0.25) is 4.79 Å². The van der Waals surface area contributed by atoms with Gasteiger partial charge in [0.15, 0.2) is 6.54 Å². The average Bonchev–Trinajstić information content (AvgIpc) is 2.60. The van der Waals surface area contributed by atoms with Crippen molar-refractivity contribution in [3.8, 4) is 0 Å². The zero-order valence-electron chi connectivity index (χ0n) is 16.5. The summed E-state index contributed by atoms with van der Waals surface area (Å²) in [6.07, 6.45) is 0. The second-order valence-corrected chi connectivity index (χ2v) is 7.70. The number of rotatable bonds is 5. The molecule has 1 unspecified atom stereocenters. The Morgan fingerprint density at radius 1 is 1.14 bits per heavy atom. The van der Waals surface area contributed by atoms with Crippen molar-refractivity contribution in [3.05, 3.63) is 74.1 Å². The standard InChI is InChI=1S/C22H23ClN2O3/c1-13-6-5-7-19(15(13)3)24-21(26)12-25(4)11-16-9-22(27)28-20-8-14(2)18(23)10-17(16)20/h5-10H,11-12H2,1-4H3,(H,24,26)/p+1. The smallest absolute Gasteiger partial charge is 0.336 e. The van der Waals surface area contributed by atoms with Crippen LogP contribution in [-0.4, -0.2) is 19.5 Å². The molecule has 1 amide bonds. The van der Waals surface area contributed by atoms with Crippen LogP contribution in [0.2, 0.25) is 5.02 Å². The SMILES string of the molecule is Cc1cc2oc(=O)cc(C[NH+](C)CC(=O)Nc3cccc(C)c3C)c2cc1Cl. The Labute approximate surface area is 168 Å². The average molecular weight is 400 g/mol. The van der Waals surface area contributed by atoms with Crippen molar-refractivity contribution < 1.29 is 14.1 Å². The van der Waals surface area contributed by atoms with Crippen LogP contribution < -0.4 is 15.8 Å². The number of likely N-dealkylation sites (N-methyl/N-ethyl adjacent to an activating group) is 1. The number of benzene rings is 2. The molecule has 3 rings (SSSR count). The Morgan fingerprint density at radius 2 is 1.89 bits per heavy atom. The van der Waals surface area contributed by atoms with Gasteiger partial charge in [-0.15, -0.1) is 0 Å². The van der Waals surface area contributed by atoms with Gasteiger partial charge in [0.2, 0.25) is 0 Å². The zero-order chi connectivity index (χ0) is 20.4. The fourth-order valence-corrected chi connectivity index (χ4v) is 3.40. The molecule has 2 aromatic carbocycles. The molecule has 1 heterocycles. The topological polar surface area (TPSA) is 63.8 Å². The predicted octanol–water partition coefficient (Wildman–Crippen LogP) is 3.03. The lowest BCUT2D eigenvalue weighted by Gasteiger charge is -2.16. The molecule has 0 radical (unpaired) electrons. The number of hydrogen-bond acceptors (Lipinski definition) is 3. The van der Waals surface area contributed by atoms with E-state index >= 15 is 0 Å². The fraction of sp³-hybridized carbons (Fsp3) is 0.273. The summed E-state index contributed by atoms with van der Waals surface area (Å²) in [4.78, 5) is 25.3. The first kappa shape index (κ1) is 20.1. The predicted molar refractivity (Wildman–Crippen MR) is 112 cm³/mol. The number of carbonyl (C=O) groups is 1. The molecule has 146 valence electrons. The van der Waals surface area contributed by atoms with Crippen LogP contribution in [0.3, 0.4) is 0 Å². The van der Waals surface area contributed by atoms with Crippen molar-refractivity contribution in [2.24, 2.45) is 0 Å². The summed E-state index contributed by atoms with van der Waals surface area (Å²) in [5.74, 6) is -0.0765. The number of aryl methyl sites for hydroxylation is 2. The Balaban J connectivity index is 1.77. The Kier molecular flexibility index (Phi) is 5.87. The third kappa shape index (κ3) is 4.43. The van der Waals surface area contributed by atoms with E-state index in [1.54, 1.807) is 6.07 Å². The molecule has 0 aliphatic heterocycles. The Bertz CT molecular complexity index is 1100. The molecule has 0 aliphatic rings. The van der Waals surface area contributed by atoms with Gasteiger partial charge in [0.25, 0.3) is 5.91 Å². The number of anilines is 1. The molecule has 3 aromatic rings. The van der Waals surface area contributed by atoms with Gasteiger partial charge in [0.05, 0.1) is 7.05 Å². The third-order valence-electron chi connectivity index (χ3n) is 4.94. The lowest BCUT2D eigenvalue weighted by atomic mass is 10.1. The van der Waals surface area contributed by atoms with E-state index < -0.39 is 5.63 Å². The quantitative estimate of drug-likeness (QED) is 0.648. The van der Waals surface area contributed by atoms with Crippen molar-refractivity contribution >= 4 is 34.2 Å². The summed E-state index contributed by atoms with van der Waals surface area (Å²) in [5, 5.41) is 4.39. The van der Waals surface area contributed by atoms with Crippen LogP contribution in [-0.2, 0) is 11.3 Å². The minimum atomic E-state index is -0.406. The Morgan fingerprint density at radius 3 is 2.64 bits per heavy atom. The van der Waals surface area contributed by atoms with Gasteiger partial charge in [-0.1, -0.05) is 23.7 Å². The normalized spacial score (nSPS) is 12.2. The van der Waals surface area contributed by atoms with E-state index in [0.29, 0.717) is 17.2 Å². The van der Waals surface area contributed by atoms with Crippen LogP contribution in [0.25, 0.3) is 11.0 Å². The number of quaternary nitrogens is 1. The molecule has 0 saturated carbocycles. The van der Waals surface area contributed by atoms with Gasteiger partial charge in [0, 0.05) is 27.7 Å². The number of amides is 1.